The van der Waals surface area contributed by atoms with E-state index in [0.29, 0.717) is 27.5 Å². The van der Waals surface area contributed by atoms with Gasteiger partial charge in [0.2, 0.25) is 10.0 Å². The number of aliphatic hydroxyl groups excluding tert-OH is 1. The average Bonchev–Trinajstić information content (AvgIpc) is 2.22. The molecular weight excluding hydrogens is 388 g/mol. The topological polar surface area (TPSA) is 92.4 Å². The average molecular weight is 402 g/mol. The highest BCUT2D eigenvalue weighted by Crippen LogP contribution is 2.32. The summed E-state index contributed by atoms with van der Waals surface area (Å²) in [5.74, 6) is 0. The van der Waals surface area contributed by atoms with Gasteiger partial charge >= 0.3 is 0 Å². The largest absolute Gasteiger partial charge is 0.399 e. The summed E-state index contributed by atoms with van der Waals surface area (Å²) in [5, 5.41) is 8.63. The minimum atomic E-state index is -3.60. The Kier molecular flexibility index (Phi) is 6.06. The molecule has 1 rings (SSSR count). The summed E-state index contributed by atoms with van der Waals surface area (Å²) in [6.07, 6.45) is 1.15. The van der Waals surface area contributed by atoms with Crippen LogP contribution in [0.15, 0.2) is 26.0 Å². The first-order chi connectivity index (χ1) is 8.38. The number of benzene rings is 1. The number of aliphatic hydroxyl groups is 1. The zero-order valence-electron chi connectivity index (χ0n) is 9.49. The van der Waals surface area contributed by atoms with Crippen LogP contribution in [0.3, 0.4) is 0 Å². The number of hydrogen-bond acceptors (Lipinski definition) is 4. The molecule has 102 valence electrons. The first kappa shape index (κ1) is 15.9. The normalized spacial score (nSPS) is 11.7. The Labute approximate surface area is 123 Å². The second kappa shape index (κ2) is 6.85. The first-order valence-corrected chi connectivity index (χ1v) is 8.30. The lowest BCUT2D eigenvalue weighted by molar-refractivity contribution is 0.285. The van der Waals surface area contributed by atoms with Crippen LogP contribution < -0.4 is 10.5 Å². The van der Waals surface area contributed by atoms with E-state index in [1.54, 1.807) is 0 Å². The number of anilines is 1. The molecule has 0 fully saturated rings. The molecule has 0 saturated carbocycles. The van der Waals surface area contributed by atoms with E-state index in [0.717, 1.165) is 0 Å². The van der Waals surface area contributed by atoms with Crippen LogP contribution in [-0.2, 0) is 10.0 Å². The molecule has 0 unspecified atom stereocenters. The molecule has 4 N–H and O–H groups in total. The Bertz CT molecular complexity index is 497. The second-order valence-electron chi connectivity index (χ2n) is 3.64. The number of unbranched alkanes of at least 4 members (excludes halogenated alkanes) is 1. The molecule has 0 aliphatic heterocycles. The Morgan fingerprint density at radius 3 is 2.28 bits per heavy atom. The van der Waals surface area contributed by atoms with Gasteiger partial charge in [-0.3, -0.25) is 0 Å². The Morgan fingerprint density at radius 2 is 1.78 bits per heavy atom. The van der Waals surface area contributed by atoms with Crippen LogP contribution in [0.2, 0.25) is 0 Å². The zero-order chi connectivity index (χ0) is 13.8. The summed E-state index contributed by atoms with van der Waals surface area (Å²) in [5.41, 5.74) is 6.07. The van der Waals surface area contributed by atoms with E-state index in [9.17, 15) is 8.42 Å². The number of rotatable bonds is 6. The Hall–Kier alpha value is -0.150. The van der Waals surface area contributed by atoms with E-state index in [2.05, 4.69) is 36.6 Å². The van der Waals surface area contributed by atoms with Crippen molar-refractivity contribution >= 4 is 47.6 Å². The fraction of sp³-hybridized carbons (Fsp3) is 0.400. The maximum Gasteiger partial charge on any atom is 0.242 e. The third-order valence-electron chi connectivity index (χ3n) is 2.17. The summed E-state index contributed by atoms with van der Waals surface area (Å²) in [6, 6.07) is 3.07. The van der Waals surface area contributed by atoms with Gasteiger partial charge in [-0.2, -0.15) is 0 Å². The van der Waals surface area contributed by atoms with Gasteiger partial charge < -0.3 is 10.8 Å². The molecule has 0 aliphatic rings. The standard InChI is InChI=1S/C10H14Br2N2O3S/c11-8-5-7(13)6-9(12)10(8)18(16,17)14-3-1-2-4-15/h5-6,14-15H,1-4,13H2. The van der Waals surface area contributed by atoms with Crippen molar-refractivity contribution in [3.05, 3.63) is 21.1 Å². The molecule has 0 saturated heterocycles. The van der Waals surface area contributed by atoms with Crippen molar-refractivity contribution in [2.24, 2.45) is 0 Å². The van der Waals surface area contributed by atoms with Gasteiger partial charge in [-0.1, -0.05) is 0 Å². The number of sulfonamides is 1. The van der Waals surface area contributed by atoms with Crippen LogP contribution in [0.5, 0.6) is 0 Å². The smallest absolute Gasteiger partial charge is 0.242 e. The molecule has 5 nitrogen and oxygen atoms in total. The van der Waals surface area contributed by atoms with Gasteiger partial charge in [0.05, 0.1) is 0 Å². The molecule has 0 heterocycles. The van der Waals surface area contributed by atoms with Gasteiger partial charge in [-0.05, 0) is 56.8 Å². The molecular formula is C10H14Br2N2O3S. The number of nitrogen functional groups attached to an aromatic ring is 1. The molecule has 0 spiro atoms. The number of nitrogens with two attached hydrogens (primary N) is 1. The van der Waals surface area contributed by atoms with E-state index in [1.807, 2.05) is 0 Å². The predicted octanol–water partition coefficient (Wildman–Crippen LogP) is 1.84. The molecule has 8 heteroatoms. The Balaban J connectivity index is 2.92. The van der Waals surface area contributed by atoms with Crippen molar-refractivity contribution in [1.82, 2.24) is 4.72 Å². The van der Waals surface area contributed by atoms with Crippen molar-refractivity contribution in [3.63, 3.8) is 0 Å². The highest BCUT2D eigenvalue weighted by atomic mass is 79.9. The van der Waals surface area contributed by atoms with E-state index in [1.165, 1.54) is 12.1 Å². The van der Waals surface area contributed by atoms with Crippen LogP contribution in [0.1, 0.15) is 12.8 Å². The number of hydrogen-bond donors (Lipinski definition) is 3. The van der Waals surface area contributed by atoms with Crippen LogP contribution >= 0.6 is 31.9 Å². The van der Waals surface area contributed by atoms with Gasteiger partial charge in [0, 0.05) is 27.8 Å². The minimum Gasteiger partial charge on any atom is -0.399 e. The highest BCUT2D eigenvalue weighted by Gasteiger charge is 2.21. The predicted molar refractivity (Wildman–Crippen MR) is 77.8 cm³/mol. The fourth-order valence-corrected chi connectivity index (χ4v) is 5.04. The SMILES string of the molecule is Nc1cc(Br)c(S(=O)(=O)NCCCCO)c(Br)c1. The molecule has 0 amide bonds. The molecule has 0 radical (unpaired) electrons. The summed E-state index contributed by atoms with van der Waals surface area (Å²) in [7, 11) is -3.60. The van der Waals surface area contributed by atoms with Gasteiger partial charge in [-0.25, -0.2) is 13.1 Å². The van der Waals surface area contributed by atoms with Crippen molar-refractivity contribution in [3.8, 4) is 0 Å². The lowest BCUT2D eigenvalue weighted by Gasteiger charge is -2.11. The van der Waals surface area contributed by atoms with Crippen molar-refractivity contribution in [2.45, 2.75) is 17.7 Å². The second-order valence-corrected chi connectivity index (χ2v) is 7.05. The van der Waals surface area contributed by atoms with Gasteiger partial charge in [0.15, 0.2) is 0 Å². The maximum absolute atomic E-state index is 12.1. The highest BCUT2D eigenvalue weighted by molar-refractivity contribution is 9.11. The minimum absolute atomic E-state index is 0.0526. The van der Waals surface area contributed by atoms with E-state index >= 15 is 0 Å². The first-order valence-electron chi connectivity index (χ1n) is 5.23. The summed E-state index contributed by atoms with van der Waals surface area (Å²) in [4.78, 5) is 0.126. The molecule has 0 atom stereocenters. The van der Waals surface area contributed by atoms with Crippen molar-refractivity contribution in [2.75, 3.05) is 18.9 Å². The maximum atomic E-state index is 12.1. The van der Waals surface area contributed by atoms with E-state index in [4.69, 9.17) is 10.8 Å². The molecule has 0 aliphatic carbocycles. The van der Waals surface area contributed by atoms with Crippen LogP contribution in [0.25, 0.3) is 0 Å². The third-order valence-corrected chi connectivity index (χ3v) is 5.50. The molecule has 18 heavy (non-hydrogen) atoms. The third kappa shape index (κ3) is 4.20. The van der Waals surface area contributed by atoms with Crippen molar-refractivity contribution < 1.29 is 13.5 Å². The summed E-state index contributed by atoms with van der Waals surface area (Å²) >= 11 is 6.37. The zero-order valence-corrected chi connectivity index (χ0v) is 13.5. The molecule has 1 aromatic carbocycles. The fourth-order valence-electron chi connectivity index (χ4n) is 1.35. The summed E-state index contributed by atoms with van der Waals surface area (Å²) < 4.78 is 27.4. The van der Waals surface area contributed by atoms with E-state index in [-0.39, 0.29) is 18.0 Å². The molecule has 0 bridgehead atoms. The molecule has 0 aromatic heterocycles. The van der Waals surface area contributed by atoms with E-state index < -0.39 is 10.0 Å². The van der Waals surface area contributed by atoms with Crippen LogP contribution in [0.4, 0.5) is 5.69 Å². The van der Waals surface area contributed by atoms with Crippen LogP contribution in [0, 0.1) is 0 Å². The number of halogens is 2. The van der Waals surface area contributed by atoms with Gasteiger partial charge in [0.1, 0.15) is 4.90 Å². The lowest BCUT2D eigenvalue weighted by Crippen LogP contribution is -2.25. The summed E-state index contributed by atoms with van der Waals surface area (Å²) in [6.45, 7) is 0.336. The lowest BCUT2D eigenvalue weighted by atomic mass is 10.3. The van der Waals surface area contributed by atoms with Gasteiger partial charge in [-0.15, -0.1) is 0 Å². The quantitative estimate of drug-likeness (QED) is 0.500. The number of nitrogens with one attached hydrogen (secondary N) is 1. The molecule has 1 aromatic rings. The van der Waals surface area contributed by atoms with Gasteiger partial charge in [0.25, 0.3) is 0 Å². The van der Waals surface area contributed by atoms with Crippen molar-refractivity contribution in [1.29, 1.82) is 0 Å². The van der Waals surface area contributed by atoms with Crippen LogP contribution in [-0.4, -0.2) is 26.7 Å². The monoisotopic (exact) mass is 400 g/mol. The Morgan fingerprint density at radius 1 is 1.22 bits per heavy atom.